The zero-order chi connectivity index (χ0) is 26.5. The number of amides is 2. The average Bonchev–Trinajstić information content (AvgIpc) is 3.31. The van der Waals surface area contributed by atoms with Crippen LogP contribution in [0, 0.1) is 0 Å². The molecule has 0 aromatic heterocycles. The van der Waals surface area contributed by atoms with Gasteiger partial charge in [0.2, 0.25) is 21.8 Å². The Hall–Kier alpha value is -1.81. The number of benzene rings is 2. The summed E-state index contributed by atoms with van der Waals surface area (Å²) in [5, 5.41) is 3.79. The molecule has 1 saturated carbocycles. The lowest BCUT2D eigenvalue weighted by molar-refractivity contribution is -0.140. The van der Waals surface area contributed by atoms with Gasteiger partial charge in [-0.3, -0.25) is 13.9 Å². The van der Waals surface area contributed by atoms with Gasteiger partial charge in [-0.2, -0.15) is 0 Å². The molecule has 0 saturated heterocycles. The average molecular weight is 619 g/mol. The van der Waals surface area contributed by atoms with Gasteiger partial charge < -0.3 is 10.2 Å². The van der Waals surface area contributed by atoms with E-state index in [1.54, 1.807) is 42.5 Å². The highest BCUT2D eigenvalue weighted by Crippen LogP contribution is 2.28. The van der Waals surface area contributed by atoms with Crippen LogP contribution in [0.4, 0.5) is 5.69 Å². The molecule has 2 amide bonds. The Balaban J connectivity index is 1.97. The third-order valence-electron chi connectivity index (χ3n) is 6.25. The van der Waals surface area contributed by atoms with Crippen molar-refractivity contribution in [3.8, 4) is 0 Å². The van der Waals surface area contributed by atoms with Gasteiger partial charge in [-0.25, -0.2) is 8.42 Å². The van der Waals surface area contributed by atoms with Gasteiger partial charge in [0.1, 0.15) is 12.6 Å². The van der Waals surface area contributed by atoms with E-state index in [9.17, 15) is 18.0 Å². The van der Waals surface area contributed by atoms with Crippen LogP contribution >= 0.6 is 39.1 Å². The Bertz CT molecular complexity index is 1190. The predicted octanol–water partition coefficient (Wildman–Crippen LogP) is 5.39. The van der Waals surface area contributed by atoms with Crippen molar-refractivity contribution in [3.63, 3.8) is 0 Å². The topological polar surface area (TPSA) is 86.8 Å². The summed E-state index contributed by atoms with van der Waals surface area (Å²) in [6.45, 7) is 1.30. The lowest BCUT2D eigenvalue weighted by Gasteiger charge is -2.33. The van der Waals surface area contributed by atoms with Crippen molar-refractivity contribution in [1.29, 1.82) is 0 Å². The van der Waals surface area contributed by atoms with E-state index in [4.69, 9.17) is 23.2 Å². The number of anilines is 1. The number of nitrogens with zero attached hydrogens (tertiary/aromatic N) is 2. The Morgan fingerprint density at radius 1 is 1.11 bits per heavy atom. The number of rotatable bonds is 10. The van der Waals surface area contributed by atoms with Crippen molar-refractivity contribution in [1.82, 2.24) is 10.2 Å². The number of carbonyl (C=O) groups excluding carboxylic acids is 2. The molecule has 196 valence electrons. The molecule has 0 radical (unpaired) electrons. The van der Waals surface area contributed by atoms with Gasteiger partial charge in [0.25, 0.3) is 0 Å². The molecule has 1 fully saturated rings. The third-order valence-corrected chi connectivity index (χ3v) is 8.60. The summed E-state index contributed by atoms with van der Waals surface area (Å²) < 4.78 is 27.1. The maximum absolute atomic E-state index is 13.8. The van der Waals surface area contributed by atoms with Crippen LogP contribution in [0.15, 0.2) is 46.9 Å². The predicted molar refractivity (Wildman–Crippen MR) is 148 cm³/mol. The van der Waals surface area contributed by atoms with Crippen molar-refractivity contribution < 1.29 is 18.0 Å². The molecule has 0 spiro atoms. The first-order valence-electron chi connectivity index (χ1n) is 11.8. The smallest absolute Gasteiger partial charge is 0.244 e. The second kappa shape index (κ2) is 12.6. The van der Waals surface area contributed by atoms with E-state index in [0.717, 1.165) is 36.2 Å². The highest BCUT2D eigenvalue weighted by Gasteiger charge is 2.33. The summed E-state index contributed by atoms with van der Waals surface area (Å²) >= 11 is 16.1. The molecule has 3 rings (SSSR count). The van der Waals surface area contributed by atoms with Gasteiger partial charge in [0.15, 0.2) is 0 Å². The quantitative estimate of drug-likeness (QED) is 0.387. The zero-order valence-electron chi connectivity index (χ0n) is 20.2. The first-order chi connectivity index (χ1) is 17.0. The van der Waals surface area contributed by atoms with E-state index >= 15 is 0 Å². The number of nitrogens with one attached hydrogen (secondary N) is 1. The molecule has 0 unspecified atom stereocenters. The van der Waals surface area contributed by atoms with E-state index in [1.165, 1.54) is 4.90 Å². The molecular weight excluding hydrogens is 589 g/mol. The molecular formula is C25H30BrCl2N3O4S. The van der Waals surface area contributed by atoms with E-state index in [1.807, 2.05) is 6.92 Å². The van der Waals surface area contributed by atoms with Gasteiger partial charge in [-0.1, -0.05) is 71.0 Å². The lowest BCUT2D eigenvalue weighted by atomic mass is 10.1. The second-order valence-corrected chi connectivity index (χ2v) is 12.5. The fourth-order valence-corrected chi connectivity index (χ4v) is 6.13. The second-order valence-electron chi connectivity index (χ2n) is 8.89. The number of carbonyl (C=O) groups is 2. The molecule has 1 aliphatic carbocycles. The third kappa shape index (κ3) is 7.37. The molecule has 2 aromatic carbocycles. The first-order valence-corrected chi connectivity index (χ1v) is 15.2. The minimum Gasteiger partial charge on any atom is -0.352 e. The molecule has 11 heteroatoms. The largest absolute Gasteiger partial charge is 0.352 e. The molecule has 7 nitrogen and oxygen atoms in total. The van der Waals surface area contributed by atoms with Crippen LogP contribution in [-0.2, 0) is 26.2 Å². The van der Waals surface area contributed by atoms with E-state index < -0.39 is 28.5 Å². The molecule has 0 heterocycles. The van der Waals surface area contributed by atoms with Gasteiger partial charge in [0.05, 0.1) is 11.9 Å². The lowest BCUT2D eigenvalue weighted by Crippen LogP contribution is -2.53. The summed E-state index contributed by atoms with van der Waals surface area (Å²) in [5.74, 6) is -0.806. The van der Waals surface area contributed by atoms with Crippen LogP contribution in [0.3, 0.4) is 0 Å². The fourth-order valence-electron chi connectivity index (χ4n) is 4.39. The Kier molecular flexibility index (Phi) is 10.1. The van der Waals surface area contributed by atoms with Crippen LogP contribution in [0.5, 0.6) is 0 Å². The molecule has 2 aromatic rings. The van der Waals surface area contributed by atoms with Crippen LogP contribution in [0.2, 0.25) is 10.0 Å². The zero-order valence-corrected chi connectivity index (χ0v) is 24.1. The Morgan fingerprint density at radius 2 is 1.72 bits per heavy atom. The normalized spacial score (nSPS) is 14.9. The van der Waals surface area contributed by atoms with E-state index in [2.05, 4.69) is 21.2 Å². The summed E-state index contributed by atoms with van der Waals surface area (Å²) in [6, 6.07) is 10.9. The number of sulfonamides is 1. The van der Waals surface area contributed by atoms with E-state index in [-0.39, 0.29) is 18.5 Å². The fraction of sp³-hybridized carbons (Fsp3) is 0.440. The first kappa shape index (κ1) is 28.8. The molecule has 0 bridgehead atoms. The molecule has 36 heavy (non-hydrogen) atoms. The molecule has 1 atom stereocenters. The summed E-state index contributed by atoms with van der Waals surface area (Å²) in [7, 11) is -3.81. The van der Waals surface area contributed by atoms with Crippen LogP contribution in [-0.4, -0.2) is 50.0 Å². The van der Waals surface area contributed by atoms with Crippen molar-refractivity contribution in [3.05, 3.63) is 62.5 Å². The van der Waals surface area contributed by atoms with Gasteiger partial charge >= 0.3 is 0 Å². The molecule has 0 aliphatic heterocycles. The summed E-state index contributed by atoms with van der Waals surface area (Å²) in [6.07, 6.45) is 5.28. The standard InChI is InChI=1S/C25H30BrCl2N3O4S/c1-3-23(25(33)29-18-9-4-5-10-18)30(15-20-21(27)12-7-13-22(20)28)24(32)16-31(36(2,34)35)19-11-6-8-17(26)14-19/h6-8,11-14,18,23H,3-5,9-10,15-16H2,1-2H3,(H,29,33)/t23-/m1/s1. The maximum atomic E-state index is 13.8. The maximum Gasteiger partial charge on any atom is 0.244 e. The van der Waals surface area contributed by atoms with E-state index in [0.29, 0.717) is 32.2 Å². The highest BCUT2D eigenvalue weighted by molar-refractivity contribution is 9.10. The van der Waals surface area contributed by atoms with Crippen LogP contribution in [0.25, 0.3) is 0 Å². The van der Waals surface area contributed by atoms with Crippen molar-refractivity contribution in [2.45, 2.75) is 57.7 Å². The number of halogens is 3. The Morgan fingerprint density at radius 3 is 2.28 bits per heavy atom. The molecule has 1 N–H and O–H groups in total. The SMILES string of the molecule is CC[C@H](C(=O)NC1CCCC1)N(Cc1c(Cl)cccc1Cl)C(=O)CN(c1cccc(Br)c1)S(C)(=O)=O. The highest BCUT2D eigenvalue weighted by atomic mass is 79.9. The van der Waals surface area contributed by atoms with Crippen molar-refractivity contribution in [2.75, 3.05) is 17.1 Å². The van der Waals surface area contributed by atoms with Crippen LogP contribution in [0.1, 0.15) is 44.6 Å². The summed E-state index contributed by atoms with van der Waals surface area (Å²) in [5.41, 5.74) is 0.828. The van der Waals surface area contributed by atoms with Crippen molar-refractivity contribution in [2.24, 2.45) is 0 Å². The monoisotopic (exact) mass is 617 g/mol. The van der Waals surface area contributed by atoms with Crippen molar-refractivity contribution >= 4 is 66.7 Å². The minimum atomic E-state index is -3.81. The summed E-state index contributed by atoms with van der Waals surface area (Å²) in [4.78, 5) is 28.5. The number of hydrogen-bond acceptors (Lipinski definition) is 4. The molecule has 1 aliphatic rings. The Labute approximate surface area is 231 Å². The van der Waals surface area contributed by atoms with Gasteiger partial charge in [0, 0.05) is 32.7 Å². The number of hydrogen-bond donors (Lipinski definition) is 1. The van der Waals surface area contributed by atoms with Crippen LogP contribution < -0.4 is 9.62 Å². The van der Waals surface area contributed by atoms with Gasteiger partial charge in [-0.15, -0.1) is 0 Å². The minimum absolute atomic E-state index is 0.0377. The van der Waals surface area contributed by atoms with Gasteiger partial charge in [-0.05, 0) is 49.6 Å².